The molecule has 1 aliphatic heterocycles. The summed E-state index contributed by atoms with van der Waals surface area (Å²) in [4.78, 5) is 33.7. The van der Waals surface area contributed by atoms with Crippen molar-refractivity contribution in [3.05, 3.63) is 35.5 Å². The molecular formula is C22H32O5. The highest BCUT2D eigenvalue weighted by Gasteiger charge is 2.37. The van der Waals surface area contributed by atoms with Crippen LogP contribution in [0.3, 0.4) is 0 Å². The van der Waals surface area contributed by atoms with Crippen molar-refractivity contribution in [3.8, 4) is 0 Å². The minimum Gasteiger partial charge on any atom is -0.466 e. The number of ether oxygens (including phenoxy) is 2. The van der Waals surface area contributed by atoms with E-state index in [4.69, 9.17) is 9.47 Å². The van der Waals surface area contributed by atoms with Gasteiger partial charge in [0, 0.05) is 24.8 Å². The second-order valence-corrected chi connectivity index (χ2v) is 7.29. The Balaban J connectivity index is 2.52. The largest absolute Gasteiger partial charge is 0.466 e. The van der Waals surface area contributed by atoms with Crippen molar-refractivity contribution in [1.29, 1.82) is 0 Å². The van der Waals surface area contributed by atoms with Crippen LogP contribution in [0.1, 0.15) is 66.2 Å². The van der Waals surface area contributed by atoms with E-state index in [2.05, 4.69) is 19.6 Å². The Morgan fingerprint density at radius 1 is 1.11 bits per heavy atom. The minimum absolute atomic E-state index is 0.157. The van der Waals surface area contributed by atoms with Crippen LogP contribution in [0.5, 0.6) is 0 Å². The van der Waals surface area contributed by atoms with Gasteiger partial charge in [-0.3, -0.25) is 4.79 Å². The van der Waals surface area contributed by atoms with Gasteiger partial charge < -0.3 is 14.3 Å². The normalized spacial score (nSPS) is 20.6. The zero-order valence-corrected chi connectivity index (χ0v) is 17.0. The van der Waals surface area contributed by atoms with Crippen LogP contribution in [0.25, 0.3) is 0 Å². The maximum atomic E-state index is 11.8. The van der Waals surface area contributed by atoms with Gasteiger partial charge in [0.1, 0.15) is 11.9 Å². The molecule has 150 valence electrons. The molecule has 1 fully saturated rings. The molecule has 2 atom stereocenters. The Kier molecular flexibility index (Phi) is 9.76. The first kappa shape index (κ1) is 22.9. The average molecular weight is 376 g/mol. The fourth-order valence-electron chi connectivity index (χ4n) is 3.08. The van der Waals surface area contributed by atoms with Crippen molar-refractivity contribution >= 4 is 17.7 Å². The number of allylic oxidation sites excluding steroid dienone is 3. The van der Waals surface area contributed by atoms with Crippen LogP contribution in [0.2, 0.25) is 0 Å². The molecule has 1 aliphatic rings. The van der Waals surface area contributed by atoms with Crippen LogP contribution in [0.4, 0.5) is 0 Å². The molecule has 1 rings (SSSR count). The molecule has 0 unspecified atom stereocenters. The standard InChI is InChI=1S/C22H32O5/c1-15(9-7-11-17(3)23)8-6-10-16(2)14-21-20(12-13-26-19(5)24)18(4)22(25)27-21/h8,14,20-21H,4,6-7,9-13H2,1-3,5H3/b15-8+,16-14+/t20-,21-/m0/s1. The number of ketones is 1. The lowest BCUT2D eigenvalue weighted by atomic mass is 9.92. The molecule has 0 aromatic rings. The molecule has 0 aromatic carbocycles. The van der Waals surface area contributed by atoms with Crippen molar-refractivity contribution in [3.63, 3.8) is 0 Å². The Morgan fingerprint density at radius 3 is 2.44 bits per heavy atom. The number of esters is 2. The van der Waals surface area contributed by atoms with Crippen LogP contribution >= 0.6 is 0 Å². The third kappa shape index (κ3) is 8.85. The Hall–Kier alpha value is -2.17. The van der Waals surface area contributed by atoms with E-state index >= 15 is 0 Å². The molecule has 1 heterocycles. The first-order chi connectivity index (χ1) is 12.7. The lowest BCUT2D eigenvalue weighted by Gasteiger charge is -2.15. The predicted molar refractivity (Wildman–Crippen MR) is 105 cm³/mol. The van der Waals surface area contributed by atoms with Crippen LogP contribution in [0, 0.1) is 5.92 Å². The summed E-state index contributed by atoms with van der Waals surface area (Å²) >= 11 is 0. The van der Waals surface area contributed by atoms with Gasteiger partial charge in [0.15, 0.2) is 0 Å². The smallest absolute Gasteiger partial charge is 0.334 e. The highest BCUT2D eigenvalue weighted by Crippen LogP contribution is 2.31. The van der Waals surface area contributed by atoms with E-state index < -0.39 is 0 Å². The number of hydrogen-bond donors (Lipinski definition) is 0. The summed E-state index contributed by atoms with van der Waals surface area (Å²) in [6.07, 6.45) is 8.62. The molecule has 0 amide bonds. The highest BCUT2D eigenvalue weighted by atomic mass is 16.6. The van der Waals surface area contributed by atoms with Gasteiger partial charge in [0.2, 0.25) is 0 Å². The fraction of sp³-hybridized carbons (Fsp3) is 0.591. The summed E-state index contributed by atoms with van der Waals surface area (Å²) in [7, 11) is 0. The van der Waals surface area contributed by atoms with Crippen LogP contribution < -0.4 is 0 Å². The number of rotatable bonds is 11. The summed E-state index contributed by atoms with van der Waals surface area (Å²) in [5.41, 5.74) is 2.88. The summed E-state index contributed by atoms with van der Waals surface area (Å²) in [6, 6.07) is 0. The summed E-state index contributed by atoms with van der Waals surface area (Å²) in [6.45, 7) is 11.2. The molecule has 0 N–H and O–H groups in total. The van der Waals surface area contributed by atoms with Crippen molar-refractivity contribution in [2.75, 3.05) is 6.61 Å². The van der Waals surface area contributed by atoms with Gasteiger partial charge in [-0.15, -0.1) is 0 Å². The summed E-state index contributed by atoms with van der Waals surface area (Å²) in [5.74, 6) is -0.633. The average Bonchev–Trinajstić information content (AvgIpc) is 2.81. The number of carbonyl (C=O) groups excluding carboxylic acids is 3. The maximum absolute atomic E-state index is 11.8. The topological polar surface area (TPSA) is 69.7 Å². The Morgan fingerprint density at radius 2 is 1.81 bits per heavy atom. The SMILES string of the molecule is C=C1C(=O)O[C@@H](/C=C(\C)CC/C=C(\C)CCCC(C)=O)[C@H]1CCOC(C)=O. The molecule has 27 heavy (non-hydrogen) atoms. The number of hydrogen-bond acceptors (Lipinski definition) is 5. The van der Waals surface area contributed by atoms with Gasteiger partial charge in [-0.1, -0.05) is 23.8 Å². The second-order valence-electron chi connectivity index (χ2n) is 7.29. The van der Waals surface area contributed by atoms with Crippen molar-refractivity contribution < 1.29 is 23.9 Å². The van der Waals surface area contributed by atoms with Crippen LogP contribution in [0.15, 0.2) is 35.5 Å². The van der Waals surface area contributed by atoms with Gasteiger partial charge in [0.25, 0.3) is 0 Å². The zero-order valence-electron chi connectivity index (χ0n) is 17.0. The number of carbonyl (C=O) groups is 3. The molecule has 0 aliphatic carbocycles. The van der Waals surface area contributed by atoms with E-state index in [0.717, 1.165) is 31.3 Å². The molecule has 0 spiro atoms. The van der Waals surface area contributed by atoms with Gasteiger partial charge in [-0.05, 0) is 59.0 Å². The number of cyclic esters (lactones) is 1. The lowest BCUT2D eigenvalue weighted by molar-refractivity contribution is -0.142. The predicted octanol–water partition coefficient (Wildman–Crippen LogP) is 4.47. The van der Waals surface area contributed by atoms with Gasteiger partial charge in [-0.2, -0.15) is 0 Å². The molecular weight excluding hydrogens is 344 g/mol. The lowest BCUT2D eigenvalue weighted by Crippen LogP contribution is -2.17. The molecule has 0 radical (unpaired) electrons. The maximum Gasteiger partial charge on any atom is 0.334 e. The molecule has 5 heteroatoms. The van der Waals surface area contributed by atoms with Crippen LogP contribution in [-0.2, 0) is 23.9 Å². The van der Waals surface area contributed by atoms with E-state index in [0.29, 0.717) is 18.4 Å². The Bertz CT molecular complexity index is 627. The van der Waals surface area contributed by atoms with Crippen LogP contribution in [-0.4, -0.2) is 30.4 Å². The van der Waals surface area contributed by atoms with E-state index in [-0.39, 0.29) is 36.4 Å². The first-order valence-electron chi connectivity index (χ1n) is 9.56. The highest BCUT2D eigenvalue weighted by molar-refractivity contribution is 5.91. The second kappa shape index (κ2) is 11.5. The van der Waals surface area contributed by atoms with Gasteiger partial charge >= 0.3 is 11.9 Å². The Labute approximate surface area is 162 Å². The third-order valence-electron chi connectivity index (χ3n) is 4.66. The molecule has 0 aromatic heterocycles. The van der Waals surface area contributed by atoms with Crippen molar-refractivity contribution in [1.82, 2.24) is 0 Å². The van der Waals surface area contributed by atoms with E-state index in [1.165, 1.54) is 12.5 Å². The molecule has 0 bridgehead atoms. The number of Topliss-reactive ketones (excluding diaryl/α,β-unsaturated/α-hetero) is 1. The summed E-state index contributed by atoms with van der Waals surface area (Å²) < 4.78 is 10.4. The minimum atomic E-state index is -0.377. The van der Waals surface area contributed by atoms with Crippen molar-refractivity contribution in [2.24, 2.45) is 5.92 Å². The van der Waals surface area contributed by atoms with E-state index in [1.807, 2.05) is 13.0 Å². The van der Waals surface area contributed by atoms with Gasteiger partial charge in [0.05, 0.1) is 6.61 Å². The van der Waals surface area contributed by atoms with E-state index in [1.54, 1.807) is 6.92 Å². The van der Waals surface area contributed by atoms with Gasteiger partial charge in [-0.25, -0.2) is 4.79 Å². The van der Waals surface area contributed by atoms with E-state index in [9.17, 15) is 14.4 Å². The molecule has 0 saturated carbocycles. The quantitative estimate of drug-likeness (QED) is 0.302. The molecule has 5 nitrogen and oxygen atoms in total. The zero-order chi connectivity index (χ0) is 20.4. The van der Waals surface area contributed by atoms with Crippen molar-refractivity contribution in [2.45, 2.75) is 72.3 Å². The monoisotopic (exact) mass is 376 g/mol. The third-order valence-corrected chi connectivity index (χ3v) is 4.66. The fourth-order valence-corrected chi connectivity index (χ4v) is 3.08. The first-order valence-corrected chi connectivity index (χ1v) is 9.56. The molecule has 1 saturated heterocycles. The summed E-state index contributed by atoms with van der Waals surface area (Å²) in [5, 5.41) is 0.